The number of rotatable bonds is 4. The molecule has 1 amide bonds. The largest absolute Gasteiger partial charge is 0.335 e. The van der Waals surface area contributed by atoms with E-state index in [-0.39, 0.29) is 17.7 Å². The molecule has 6 heteroatoms. The molecule has 0 aliphatic carbocycles. The summed E-state index contributed by atoms with van der Waals surface area (Å²) < 4.78 is 24.6. The van der Waals surface area contributed by atoms with Gasteiger partial charge in [-0.1, -0.05) is 20.8 Å². The van der Waals surface area contributed by atoms with Gasteiger partial charge in [0.1, 0.15) is 4.21 Å². The Morgan fingerprint density at radius 1 is 1.50 bits per heavy atom. The van der Waals surface area contributed by atoms with E-state index in [1.165, 1.54) is 11.3 Å². The minimum atomic E-state index is -3.15. The van der Waals surface area contributed by atoms with Gasteiger partial charge in [-0.15, -0.1) is 11.3 Å². The number of hydrogen-bond donors (Lipinski definition) is 0. The van der Waals surface area contributed by atoms with Crippen LogP contribution in [0.3, 0.4) is 0 Å². The van der Waals surface area contributed by atoms with Crippen molar-refractivity contribution in [2.24, 2.45) is 5.92 Å². The summed E-state index contributed by atoms with van der Waals surface area (Å²) in [4.78, 5) is 14.1. The lowest BCUT2D eigenvalue weighted by molar-refractivity contribution is -0.134. The number of carbonyl (C=O) groups is 1. The second kappa shape index (κ2) is 5.85. The minimum absolute atomic E-state index is 0.0883. The minimum Gasteiger partial charge on any atom is -0.335 e. The molecule has 1 unspecified atom stereocenters. The Labute approximate surface area is 124 Å². The number of nitrogens with zero attached hydrogens (tertiary/aromatic N) is 1. The fourth-order valence-corrected chi connectivity index (χ4v) is 5.61. The van der Waals surface area contributed by atoms with Gasteiger partial charge in [0, 0.05) is 18.5 Å². The molecule has 1 atom stereocenters. The molecule has 20 heavy (non-hydrogen) atoms. The summed E-state index contributed by atoms with van der Waals surface area (Å²) >= 11 is 1.27. The highest BCUT2D eigenvalue weighted by molar-refractivity contribution is 7.93. The van der Waals surface area contributed by atoms with Crippen molar-refractivity contribution >= 4 is 27.1 Å². The topological polar surface area (TPSA) is 54.5 Å². The van der Waals surface area contributed by atoms with Crippen molar-refractivity contribution in [3.63, 3.8) is 0 Å². The number of sulfone groups is 1. The average Bonchev–Trinajstić information content (AvgIpc) is 2.86. The maximum atomic E-state index is 12.2. The predicted octanol–water partition coefficient (Wildman–Crippen LogP) is 2.86. The fourth-order valence-electron chi connectivity index (χ4n) is 2.64. The average molecular weight is 315 g/mol. The molecule has 0 saturated carbocycles. The molecule has 112 valence electrons. The summed E-state index contributed by atoms with van der Waals surface area (Å²) in [5, 5.41) is 1.81. The zero-order valence-corrected chi connectivity index (χ0v) is 13.8. The van der Waals surface area contributed by atoms with Gasteiger partial charge in [0.15, 0.2) is 9.84 Å². The molecule has 1 aliphatic rings. The maximum Gasteiger partial charge on any atom is 0.222 e. The van der Waals surface area contributed by atoms with Crippen molar-refractivity contribution in [1.29, 1.82) is 0 Å². The van der Waals surface area contributed by atoms with Crippen molar-refractivity contribution in [2.45, 2.75) is 43.9 Å². The van der Waals surface area contributed by atoms with Crippen LogP contribution in [0.5, 0.6) is 0 Å². The standard InChI is InChI=1S/C14H21NO3S2/c1-4-13(16)15(9-10(2)3)12-6-8-20(17,18)14-11(12)5-7-19-14/h5,7,10,12H,4,6,8-9H2,1-3H3. The normalized spacial score (nSPS) is 20.7. The third-order valence-corrected chi connectivity index (χ3v) is 6.87. The van der Waals surface area contributed by atoms with Gasteiger partial charge in [-0.05, 0) is 23.8 Å². The summed E-state index contributed by atoms with van der Waals surface area (Å²) in [6.45, 7) is 6.67. The lowest BCUT2D eigenvalue weighted by atomic mass is 10.0. The van der Waals surface area contributed by atoms with Gasteiger partial charge < -0.3 is 4.90 Å². The second-order valence-electron chi connectivity index (χ2n) is 5.58. The van der Waals surface area contributed by atoms with E-state index in [9.17, 15) is 13.2 Å². The zero-order chi connectivity index (χ0) is 14.9. The van der Waals surface area contributed by atoms with Crippen molar-refractivity contribution in [2.75, 3.05) is 12.3 Å². The molecule has 0 saturated heterocycles. The van der Waals surface area contributed by atoms with E-state index in [1.807, 2.05) is 23.3 Å². The van der Waals surface area contributed by atoms with Crippen LogP contribution in [-0.4, -0.2) is 31.5 Å². The van der Waals surface area contributed by atoms with Crippen molar-refractivity contribution < 1.29 is 13.2 Å². The molecule has 1 aliphatic heterocycles. The van der Waals surface area contributed by atoms with Crippen LogP contribution in [0.4, 0.5) is 0 Å². The lowest BCUT2D eigenvalue weighted by Crippen LogP contribution is -2.39. The first-order valence-electron chi connectivity index (χ1n) is 6.96. The van der Waals surface area contributed by atoms with Crippen molar-refractivity contribution in [3.8, 4) is 0 Å². The van der Waals surface area contributed by atoms with E-state index >= 15 is 0 Å². The van der Waals surface area contributed by atoms with Crippen LogP contribution in [0.1, 0.15) is 45.2 Å². The van der Waals surface area contributed by atoms with E-state index in [0.717, 1.165) is 5.56 Å². The molecule has 0 fully saturated rings. The third kappa shape index (κ3) is 2.91. The maximum absolute atomic E-state index is 12.2. The van der Waals surface area contributed by atoms with Crippen LogP contribution in [0.15, 0.2) is 15.7 Å². The molecule has 2 rings (SSSR count). The Balaban J connectivity index is 2.39. The van der Waals surface area contributed by atoms with Crippen molar-refractivity contribution in [1.82, 2.24) is 4.90 Å². The van der Waals surface area contributed by atoms with E-state index < -0.39 is 9.84 Å². The van der Waals surface area contributed by atoms with Gasteiger partial charge in [0.05, 0.1) is 11.8 Å². The smallest absolute Gasteiger partial charge is 0.222 e. The first-order valence-corrected chi connectivity index (χ1v) is 9.49. The third-order valence-electron chi connectivity index (χ3n) is 3.52. The number of hydrogen-bond acceptors (Lipinski definition) is 4. The molecule has 2 heterocycles. The van der Waals surface area contributed by atoms with Gasteiger partial charge in [0.25, 0.3) is 0 Å². The number of thiophene rings is 1. The van der Waals surface area contributed by atoms with Gasteiger partial charge in [-0.3, -0.25) is 4.79 Å². The Morgan fingerprint density at radius 3 is 2.80 bits per heavy atom. The Bertz CT molecular complexity index is 589. The van der Waals surface area contributed by atoms with E-state index in [1.54, 1.807) is 0 Å². The summed E-state index contributed by atoms with van der Waals surface area (Å²) in [7, 11) is -3.15. The molecule has 0 bridgehead atoms. The molecule has 0 aromatic carbocycles. The van der Waals surface area contributed by atoms with Crippen LogP contribution in [0.2, 0.25) is 0 Å². The lowest BCUT2D eigenvalue weighted by Gasteiger charge is -2.35. The molecule has 4 nitrogen and oxygen atoms in total. The van der Waals surface area contributed by atoms with Crippen LogP contribution in [0.25, 0.3) is 0 Å². The predicted molar refractivity (Wildman–Crippen MR) is 80.6 cm³/mol. The SMILES string of the molecule is CCC(=O)N(CC(C)C)C1CCS(=O)(=O)c2sccc21. The number of fused-ring (bicyclic) bond motifs is 1. The molecule has 0 spiro atoms. The van der Waals surface area contributed by atoms with Crippen LogP contribution < -0.4 is 0 Å². The molecule has 1 aromatic rings. The molecular weight excluding hydrogens is 294 g/mol. The molecule has 0 radical (unpaired) electrons. The van der Waals surface area contributed by atoms with Gasteiger partial charge in [-0.25, -0.2) is 8.42 Å². The van der Waals surface area contributed by atoms with Crippen molar-refractivity contribution in [3.05, 3.63) is 17.0 Å². The van der Waals surface area contributed by atoms with Crippen LogP contribution in [-0.2, 0) is 14.6 Å². The Hall–Kier alpha value is -0.880. The highest BCUT2D eigenvalue weighted by Gasteiger charge is 2.36. The zero-order valence-electron chi connectivity index (χ0n) is 12.1. The molecular formula is C14H21NO3S2. The number of carbonyl (C=O) groups excluding carboxylic acids is 1. The fraction of sp³-hybridized carbons (Fsp3) is 0.643. The summed E-state index contributed by atoms with van der Waals surface area (Å²) in [5.41, 5.74) is 0.809. The van der Waals surface area contributed by atoms with Crippen LogP contribution in [0, 0.1) is 5.92 Å². The summed E-state index contributed by atoms with van der Waals surface area (Å²) in [6, 6.07) is 1.77. The molecule has 0 N–H and O–H groups in total. The first-order chi connectivity index (χ1) is 9.36. The summed E-state index contributed by atoms with van der Waals surface area (Å²) in [5.74, 6) is 0.600. The monoisotopic (exact) mass is 315 g/mol. The quantitative estimate of drug-likeness (QED) is 0.858. The Kier molecular flexibility index (Phi) is 4.54. The van der Waals surface area contributed by atoms with E-state index in [2.05, 4.69) is 13.8 Å². The first kappa shape index (κ1) is 15.5. The highest BCUT2D eigenvalue weighted by atomic mass is 32.2. The van der Waals surface area contributed by atoms with E-state index in [4.69, 9.17) is 0 Å². The van der Waals surface area contributed by atoms with Gasteiger partial charge >= 0.3 is 0 Å². The van der Waals surface area contributed by atoms with Gasteiger partial charge in [0.2, 0.25) is 5.91 Å². The van der Waals surface area contributed by atoms with Crippen LogP contribution >= 0.6 is 11.3 Å². The van der Waals surface area contributed by atoms with Gasteiger partial charge in [-0.2, -0.15) is 0 Å². The number of amides is 1. The summed E-state index contributed by atoms with van der Waals surface area (Å²) in [6.07, 6.45) is 0.958. The molecule has 1 aromatic heterocycles. The Morgan fingerprint density at radius 2 is 2.20 bits per heavy atom. The highest BCUT2D eigenvalue weighted by Crippen LogP contribution is 2.39. The second-order valence-corrected chi connectivity index (χ2v) is 8.80. The van der Waals surface area contributed by atoms with E-state index in [0.29, 0.717) is 29.5 Å².